The SMILES string of the molecule is COCC(=O)N1CCC(C)(C(=O)N2CCCC(c3cccc(-c4ccccc4OC)n3)C2)CC1. The summed E-state index contributed by atoms with van der Waals surface area (Å²) in [6, 6.07) is 14.0. The molecule has 0 radical (unpaired) electrons. The molecule has 0 bridgehead atoms. The van der Waals surface area contributed by atoms with E-state index in [9.17, 15) is 9.59 Å². The van der Waals surface area contributed by atoms with Crippen molar-refractivity contribution in [2.75, 3.05) is 47.0 Å². The number of aromatic nitrogens is 1. The van der Waals surface area contributed by atoms with Crippen LogP contribution in [0.25, 0.3) is 11.3 Å². The number of carbonyl (C=O) groups is 2. The summed E-state index contributed by atoms with van der Waals surface area (Å²) >= 11 is 0. The summed E-state index contributed by atoms with van der Waals surface area (Å²) in [4.78, 5) is 34.5. The molecule has 2 saturated heterocycles. The molecule has 2 aliphatic heterocycles. The first-order chi connectivity index (χ1) is 16.4. The fraction of sp³-hybridized carbons (Fsp3) is 0.519. The van der Waals surface area contributed by atoms with Crippen LogP contribution in [0.15, 0.2) is 42.5 Å². The molecule has 1 aromatic heterocycles. The molecule has 182 valence electrons. The molecule has 1 unspecified atom stereocenters. The molecule has 2 fully saturated rings. The van der Waals surface area contributed by atoms with Crippen LogP contribution in [0.2, 0.25) is 0 Å². The number of nitrogens with zero attached hydrogens (tertiary/aromatic N) is 3. The Kier molecular flexibility index (Phi) is 7.51. The number of rotatable bonds is 6. The van der Waals surface area contributed by atoms with E-state index in [-0.39, 0.29) is 24.3 Å². The Morgan fingerprint density at radius 1 is 1.03 bits per heavy atom. The summed E-state index contributed by atoms with van der Waals surface area (Å²) in [6.07, 6.45) is 3.35. The van der Waals surface area contributed by atoms with Crippen LogP contribution < -0.4 is 4.74 Å². The van der Waals surface area contributed by atoms with E-state index in [2.05, 4.69) is 13.0 Å². The number of pyridine rings is 1. The van der Waals surface area contributed by atoms with E-state index in [1.807, 2.05) is 46.2 Å². The van der Waals surface area contributed by atoms with Crippen molar-refractivity contribution in [3.8, 4) is 17.0 Å². The van der Waals surface area contributed by atoms with Crippen LogP contribution in [-0.4, -0.2) is 73.6 Å². The van der Waals surface area contributed by atoms with Gasteiger partial charge < -0.3 is 19.3 Å². The van der Waals surface area contributed by atoms with Gasteiger partial charge in [-0.05, 0) is 49.9 Å². The monoisotopic (exact) mass is 465 g/mol. The summed E-state index contributed by atoms with van der Waals surface area (Å²) in [5.74, 6) is 1.21. The first-order valence-corrected chi connectivity index (χ1v) is 12.1. The number of likely N-dealkylation sites (tertiary alicyclic amines) is 2. The van der Waals surface area contributed by atoms with E-state index in [0.717, 1.165) is 42.1 Å². The average molecular weight is 466 g/mol. The normalized spacial score (nSPS) is 20.1. The van der Waals surface area contributed by atoms with Gasteiger partial charge in [-0.15, -0.1) is 0 Å². The summed E-state index contributed by atoms with van der Waals surface area (Å²) in [6.45, 7) is 4.82. The number of carbonyl (C=O) groups excluding carboxylic acids is 2. The Labute approximate surface area is 202 Å². The lowest BCUT2D eigenvalue weighted by atomic mass is 9.78. The molecule has 2 aromatic rings. The summed E-state index contributed by atoms with van der Waals surface area (Å²) < 4.78 is 10.5. The Morgan fingerprint density at radius 2 is 1.79 bits per heavy atom. The van der Waals surface area contributed by atoms with E-state index in [1.165, 1.54) is 7.11 Å². The van der Waals surface area contributed by atoms with Crippen LogP contribution in [0, 0.1) is 5.41 Å². The van der Waals surface area contributed by atoms with Gasteiger partial charge in [-0.3, -0.25) is 14.6 Å². The molecule has 3 heterocycles. The van der Waals surface area contributed by atoms with Crippen LogP contribution in [0.4, 0.5) is 0 Å². The molecular formula is C27H35N3O4. The lowest BCUT2D eigenvalue weighted by Gasteiger charge is -2.43. The van der Waals surface area contributed by atoms with E-state index in [1.54, 1.807) is 7.11 Å². The van der Waals surface area contributed by atoms with Gasteiger partial charge in [0.05, 0.1) is 12.8 Å². The molecule has 34 heavy (non-hydrogen) atoms. The van der Waals surface area contributed by atoms with Gasteiger partial charge in [0.15, 0.2) is 0 Å². The Bertz CT molecular complexity index is 1020. The number of amides is 2. The molecule has 1 aromatic carbocycles. The largest absolute Gasteiger partial charge is 0.496 e. The van der Waals surface area contributed by atoms with Crippen LogP contribution in [0.3, 0.4) is 0 Å². The van der Waals surface area contributed by atoms with Crippen molar-refractivity contribution in [3.63, 3.8) is 0 Å². The smallest absolute Gasteiger partial charge is 0.248 e. The lowest BCUT2D eigenvalue weighted by Crippen LogP contribution is -2.52. The zero-order valence-electron chi connectivity index (χ0n) is 20.5. The minimum absolute atomic E-state index is 0.00367. The van der Waals surface area contributed by atoms with E-state index >= 15 is 0 Å². The summed E-state index contributed by atoms with van der Waals surface area (Å²) in [7, 11) is 3.20. The second kappa shape index (κ2) is 10.6. The Morgan fingerprint density at radius 3 is 2.53 bits per heavy atom. The van der Waals surface area contributed by atoms with Gasteiger partial charge in [0.25, 0.3) is 0 Å². The summed E-state index contributed by atoms with van der Waals surface area (Å²) in [5.41, 5.74) is 2.45. The predicted molar refractivity (Wildman–Crippen MR) is 131 cm³/mol. The van der Waals surface area contributed by atoms with Gasteiger partial charge in [0.1, 0.15) is 12.4 Å². The van der Waals surface area contributed by atoms with Gasteiger partial charge in [0, 0.05) is 55.9 Å². The highest BCUT2D eigenvalue weighted by Crippen LogP contribution is 2.36. The third-order valence-corrected chi connectivity index (χ3v) is 7.28. The molecule has 4 rings (SSSR count). The van der Waals surface area contributed by atoms with Crippen molar-refractivity contribution < 1.29 is 19.1 Å². The minimum atomic E-state index is -0.432. The van der Waals surface area contributed by atoms with Crippen molar-refractivity contribution in [1.29, 1.82) is 0 Å². The molecule has 2 aliphatic rings. The Balaban J connectivity index is 1.45. The molecular weight excluding hydrogens is 430 g/mol. The number of methoxy groups -OCH3 is 2. The van der Waals surface area contributed by atoms with Gasteiger partial charge in [0.2, 0.25) is 11.8 Å². The van der Waals surface area contributed by atoms with Crippen molar-refractivity contribution in [2.24, 2.45) is 5.41 Å². The quantitative estimate of drug-likeness (QED) is 0.650. The van der Waals surface area contributed by atoms with E-state index in [0.29, 0.717) is 32.5 Å². The van der Waals surface area contributed by atoms with Crippen molar-refractivity contribution in [3.05, 3.63) is 48.2 Å². The maximum atomic E-state index is 13.6. The topological polar surface area (TPSA) is 72.0 Å². The second-order valence-corrected chi connectivity index (χ2v) is 9.61. The number of ether oxygens (including phenoxy) is 2. The summed E-state index contributed by atoms with van der Waals surface area (Å²) in [5, 5.41) is 0. The van der Waals surface area contributed by atoms with Gasteiger partial charge >= 0.3 is 0 Å². The highest BCUT2D eigenvalue weighted by Gasteiger charge is 2.41. The molecule has 1 atom stereocenters. The van der Waals surface area contributed by atoms with E-state index in [4.69, 9.17) is 14.5 Å². The lowest BCUT2D eigenvalue weighted by molar-refractivity contribution is -0.149. The van der Waals surface area contributed by atoms with Gasteiger partial charge in [-0.1, -0.05) is 25.1 Å². The maximum absolute atomic E-state index is 13.6. The zero-order valence-corrected chi connectivity index (χ0v) is 20.5. The first-order valence-electron chi connectivity index (χ1n) is 12.1. The van der Waals surface area contributed by atoms with Crippen molar-refractivity contribution >= 4 is 11.8 Å². The molecule has 7 nitrogen and oxygen atoms in total. The highest BCUT2D eigenvalue weighted by molar-refractivity contribution is 5.83. The number of para-hydroxylation sites is 1. The predicted octanol–water partition coefficient (Wildman–Crippen LogP) is 3.74. The molecule has 0 aliphatic carbocycles. The van der Waals surface area contributed by atoms with Crippen LogP contribution in [0.1, 0.15) is 44.2 Å². The second-order valence-electron chi connectivity index (χ2n) is 9.61. The fourth-order valence-electron chi connectivity index (χ4n) is 5.15. The maximum Gasteiger partial charge on any atom is 0.248 e. The molecule has 0 saturated carbocycles. The number of piperidine rings is 2. The van der Waals surface area contributed by atoms with Crippen LogP contribution >= 0.6 is 0 Å². The van der Waals surface area contributed by atoms with Gasteiger partial charge in [-0.2, -0.15) is 0 Å². The fourth-order valence-corrected chi connectivity index (χ4v) is 5.15. The number of benzene rings is 1. The van der Waals surface area contributed by atoms with Crippen LogP contribution in [-0.2, 0) is 14.3 Å². The molecule has 0 N–H and O–H groups in total. The first kappa shape index (κ1) is 24.2. The molecule has 0 spiro atoms. The molecule has 7 heteroatoms. The zero-order chi connectivity index (χ0) is 24.1. The third kappa shape index (κ3) is 5.09. The minimum Gasteiger partial charge on any atom is -0.496 e. The number of hydrogen-bond acceptors (Lipinski definition) is 5. The molecule has 2 amide bonds. The standard InChI is InChI=1S/C27H35N3O4/c1-27(13-16-29(17-14-27)25(31)19-33-2)26(32)30-15-7-8-20(18-30)22-10-6-11-23(28-22)21-9-4-5-12-24(21)34-3/h4-6,9-12,20H,7-8,13-19H2,1-3H3. The highest BCUT2D eigenvalue weighted by atomic mass is 16.5. The van der Waals surface area contributed by atoms with Gasteiger partial charge in [-0.25, -0.2) is 0 Å². The van der Waals surface area contributed by atoms with E-state index < -0.39 is 5.41 Å². The number of hydrogen-bond donors (Lipinski definition) is 0. The van der Waals surface area contributed by atoms with Crippen molar-refractivity contribution in [1.82, 2.24) is 14.8 Å². The Hall–Kier alpha value is -2.93. The third-order valence-electron chi connectivity index (χ3n) is 7.28. The van der Waals surface area contributed by atoms with Crippen LogP contribution in [0.5, 0.6) is 5.75 Å². The average Bonchev–Trinajstić information content (AvgIpc) is 2.89. The van der Waals surface area contributed by atoms with Crippen molar-refractivity contribution in [2.45, 2.75) is 38.5 Å².